The number of Topliss-reactive ketones (excluding diaryl/α,β-unsaturated/α-hetero) is 1. The fraction of sp³-hybridized carbons (Fsp3) is 0.517. The second-order valence-electron chi connectivity index (χ2n) is 21.1. The molecule has 0 aromatic heterocycles. The molecule has 2 saturated carbocycles. The topological polar surface area (TPSA) is 303 Å². The van der Waals surface area contributed by atoms with Crippen LogP contribution < -0.4 is 16.4 Å². The predicted molar refractivity (Wildman–Crippen MR) is 278 cm³/mol. The number of aliphatic hydroxyl groups is 2. The average Bonchev–Trinajstić information content (AvgIpc) is 2.05. The van der Waals surface area contributed by atoms with Crippen molar-refractivity contribution in [3.8, 4) is 0 Å². The summed E-state index contributed by atoms with van der Waals surface area (Å²) in [4.78, 5) is 113. The maximum Gasteiger partial charge on any atom is 0.350 e. The van der Waals surface area contributed by atoms with Crippen LogP contribution in [0.1, 0.15) is 106 Å². The fourth-order valence-electron chi connectivity index (χ4n) is 11.7. The normalized spacial score (nSPS) is 27.4. The third-order valence-corrected chi connectivity index (χ3v) is 15.7. The van der Waals surface area contributed by atoms with Crippen molar-refractivity contribution < 1.29 is 92.2 Å². The minimum atomic E-state index is -2.49. The Bertz CT molecular complexity index is 2740. The summed E-state index contributed by atoms with van der Waals surface area (Å²) in [6, 6.07) is 22.6. The van der Waals surface area contributed by atoms with Crippen LogP contribution in [0, 0.1) is 16.7 Å². The van der Waals surface area contributed by atoms with Gasteiger partial charge in [0.1, 0.15) is 30.0 Å². The molecule has 2 amide bonds. The van der Waals surface area contributed by atoms with Crippen molar-refractivity contribution in [2.75, 3.05) is 46.1 Å². The Morgan fingerprint density at radius 3 is 2.01 bits per heavy atom. The fourth-order valence-corrected chi connectivity index (χ4v) is 11.7. The molecule has 3 fully saturated rings. The molecular formula is C58H72N3O18+. The van der Waals surface area contributed by atoms with E-state index in [0.29, 0.717) is 31.9 Å². The van der Waals surface area contributed by atoms with Crippen LogP contribution in [-0.4, -0.2) is 152 Å². The van der Waals surface area contributed by atoms with Crippen LogP contribution in [0.5, 0.6) is 0 Å². The highest BCUT2D eigenvalue weighted by molar-refractivity contribution is 5.96. The van der Waals surface area contributed by atoms with Crippen LogP contribution in [0.3, 0.4) is 0 Å². The number of ether oxygens (including phenoxy) is 8. The van der Waals surface area contributed by atoms with Crippen molar-refractivity contribution in [2.45, 2.75) is 128 Å². The summed E-state index contributed by atoms with van der Waals surface area (Å²) in [7, 11) is 0. The summed E-state index contributed by atoms with van der Waals surface area (Å²) in [6.07, 6.45) is -11.5. The Labute approximate surface area is 458 Å². The first-order valence-electron chi connectivity index (χ1n) is 26.5. The van der Waals surface area contributed by atoms with E-state index in [2.05, 4.69) is 16.4 Å². The highest BCUT2D eigenvalue weighted by atomic mass is 16.6. The van der Waals surface area contributed by atoms with Crippen molar-refractivity contribution in [1.29, 1.82) is 0 Å². The van der Waals surface area contributed by atoms with Crippen LogP contribution >= 0.6 is 0 Å². The standard InChI is InChI=1S/C58H71N3O18/c1-34-40(76-54(70)48(46(37-17-10-7-11-18-37)61-52(68)38-19-12-8-13-20-38)77-44(66)24-16-23-43(65)60-26-28-73-30-29-72-27-25-59)32-58(71)51(78-53(69)39-21-14-9-15-22-39)49-56(6,41(64)31-42-57(49,33-74-42)79-36(3)63)50(67)47(75-35(2)62)45(34)55(58,4)5/h7-15,17-22,40-42,46-49,51,64,71H,16,23-33,59H2,1-6H3,(H,60,65)(H,61,68)/p+1/t40-,41-,42?,46-,47+,48+,49-,51-,56+,57-,58+/m0/s1. The number of aliphatic hydroxyl groups excluding tert-OH is 1. The lowest BCUT2D eigenvalue weighted by molar-refractivity contribution is -0.374. The minimum absolute atomic E-state index is 0.0152. The van der Waals surface area contributed by atoms with Gasteiger partial charge >= 0.3 is 29.8 Å². The van der Waals surface area contributed by atoms with Gasteiger partial charge in [0.15, 0.2) is 17.5 Å². The van der Waals surface area contributed by atoms with Crippen LogP contribution in [0.2, 0.25) is 0 Å². The van der Waals surface area contributed by atoms with Gasteiger partial charge in [-0.1, -0.05) is 80.6 Å². The molecule has 2 bridgehead atoms. The number of rotatable bonds is 23. The molecule has 3 aromatic carbocycles. The Balaban J connectivity index is 1.30. The number of carbonyl (C=O) groups is 8. The molecule has 11 atom stereocenters. The first-order valence-corrected chi connectivity index (χ1v) is 26.5. The van der Waals surface area contributed by atoms with E-state index in [-0.39, 0.29) is 73.6 Å². The zero-order valence-electron chi connectivity index (χ0n) is 45.4. The van der Waals surface area contributed by atoms with E-state index in [9.17, 15) is 39.0 Å². The molecule has 21 heteroatoms. The number of fused-ring (bicyclic) bond motifs is 5. The number of ketones is 1. The molecule has 79 heavy (non-hydrogen) atoms. The Hall–Kier alpha value is -6.88. The van der Waals surface area contributed by atoms with E-state index in [0.717, 1.165) is 13.8 Å². The van der Waals surface area contributed by atoms with E-state index in [1.807, 2.05) is 0 Å². The third kappa shape index (κ3) is 12.6. The molecule has 1 saturated heterocycles. The van der Waals surface area contributed by atoms with E-state index in [1.54, 1.807) is 92.7 Å². The van der Waals surface area contributed by atoms with Gasteiger partial charge in [-0.15, -0.1) is 0 Å². The maximum atomic E-state index is 15.8. The number of hydrogen-bond donors (Lipinski definition) is 5. The molecule has 21 nitrogen and oxygen atoms in total. The lowest BCUT2D eigenvalue weighted by atomic mass is 9.44. The van der Waals surface area contributed by atoms with Crippen molar-refractivity contribution in [1.82, 2.24) is 10.6 Å². The average molecular weight is 1100 g/mol. The second kappa shape index (κ2) is 25.5. The first-order chi connectivity index (χ1) is 37.6. The summed E-state index contributed by atoms with van der Waals surface area (Å²) in [5.41, 5.74) is -3.92. The van der Waals surface area contributed by atoms with Gasteiger partial charge in [0.2, 0.25) is 12.0 Å². The third-order valence-electron chi connectivity index (χ3n) is 15.7. The van der Waals surface area contributed by atoms with Crippen LogP contribution in [0.4, 0.5) is 0 Å². The highest BCUT2D eigenvalue weighted by Crippen LogP contribution is 2.64. The molecule has 1 aliphatic heterocycles. The van der Waals surface area contributed by atoms with Gasteiger partial charge in [-0.05, 0) is 61.2 Å². The number of hydrogen-bond acceptors (Lipinski definition) is 18. The molecule has 3 aliphatic carbocycles. The van der Waals surface area contributed by atoms with Crippen LogP contribution in [0.15, 0.2) is 102 Å². The van der Waals surface area contributed by atoms with Crippen molar-refractivity contribution in [3.05, 3.63) is 119 Å². The summed E-state index contributed by atoms with van der Waals surface area (Å²) in [5, 5.41) is 31.8. The summed E-state index contributed by atoms with van der Waals surface area (Å²) < 4.78 is 47.7. The Kier molecular flexibility index (Phi) is 19.3. The molecule has 7 rings (SSSR count). The van der Waals surface area contributed by atoms with Gasteiger partial charge in [-0.2, -0.15) is 0 Å². The smallest absolute Gasteiger partial charge is 0.350 e. The number of carbonyl (C=O) groups excluding carboxylic acids is 8. The van der Waals surface area contributed by atoms with Gasteiger partial charge in [0, 0.05) is 57.1 Å². The Morgan fingerprint density at radius 2 is 1.42 bits per heavy atom. The Morgan fingerprint density at radius 1 is 0.797 bits per heavy atom. The molecule has 4 aliphatic rings. The number of esters is 5. The summed E-state index contributed by atoms with van der Waals surface area (Å²) in [6.45, 7) is 10.1. The zero-order valence-corrected chi connectivity index (χ0v) is 45.4. The summed E-state index contributed by atoms with van der Waals surface area (Å²) >= 11 is 0. The van der Waals surface area contributed by atoms with Gasteiger partial charge in [0.05, 0.1) is 62.6 Å². The van der Waals surface area contributed by atoms with E-state index >= 15 is 9.59 Å². The van der Waals surface area contributed by atoms with Gasteiger partial charge in [0.25, 0.3) is 5.91 Å². The van der Waals surface area contributed by atoms with E-state index in [1.165, 1.54) is 26.0 Å². The van der Waals surface area contributed by atoms with Crippen molar-refractivity contribution in [3.63, 3.8) is 0 Å². The molecular weight excluding hydrogens is 1030 g/mol. The van der Waals surface area contributed by atoms with Gasteiger partial charge in [-0.25, -0.2) is 9.59 Å². The lowest BCUT2D eigenvalue weighted by Gasteiger charge is -2.67. The molecule has 426 valence electrons. The first kappa shape index (κ1) is 59.8. The SMILES string of the molecule is CC(=O)O[C@H]1C(=O)[C@]2(C)[C@@H](O)CC3OC[C@@]3(OC(C)=O)[C@H]2[C@H](OC(=O)c2ccccc2)[C@]2(O)C[C@H](OC(=O)[C@H](OC(=O)CCCC(=O)NCCOCCOCC[NH3+])[C@@H](NC(=O)c3ccccc3)c3ccccc3)C(C)=C1C2(C)C. The number of benzene rings is 3. The highest BCUT2D eigenvalue weighted by Gasteiger charge is 2.78. The number of quaternary nitrogens is 1. The number of amides is 2. The monoisotopic (exact) mass is 1100 g/mol. The van der Waals surface area contributed by atoms with E-state index < -0.39 is 119 Å². The largest absolute Gasteiger partial charge is 0.455 e. The van der Waals surface area contributed by atoms with Crippen LogP contribution in [-0.2, 0) is 66.7 Å². The van der Waals surface area contributed by atoms with E-state index in [4.69, 9.17) is 37.9 Å². The van der Waals surface area contributed by atoms with Gasteiger partial charge in [-0.3, -0.25) is 28.8 Å². The predicted octanol–water partition coefficient (Wildman–Crippen LogP) is 2.85. The van der Waals surface area contributed by atoms with Gasteiger partial charge < -0.3 is 64.5 Å². The van der Waals surface area contributed by atoms with Crippen LogP contribution in [0.25, 0.3) is 0 Å². The second-order valence-corrected chi connectivity index (χ2v) is 21.1. The molecule has 1 unspecified atom stereocenters. The van der Waals surface area contributed by atoms with Crippen molar-refractivity contribution >= 4 is 47.4 Å². The molecule has 0 spiro atoms. The van der Waals surface area contributed by atoms with Crippen molar-refractivity contribution in [2.24, 2.45) is 16.7 Å². The quantitative estimate of drug-likeness (QED) is 0.0395. The zero-order chi connectivity index (χ0) is 57.3. The molecule has 7 N–H and O–H groups in total. The molecule has 3 aromatic rings. The minimum Gasteiger partial charge on any atom is -0.455 e. The lowest BCUT2D eigenvalue weighted by Crippen LogP contribution is -2.82. The number of nitrogens with one attached hydrogen (secondary N) is 2. The maximum absolute atomic E-state index is 15.8. The molecule has 0 radical (unpaired) electrons. The summed E-state index contributed by atoms with van der Waals surface area (Å²) in [5.74, 6) is -8.49. The molecule has 1 heterocycles.